The Labute approximate surface area is 97.0 Å². The van der Waals surface area contributed by atoms with E-state index in [0.29, 0.717) is 22.9 Å². The summed E-state index contributed by atoms with van der Waals surface area (Å²) < 4.78 is 5.16. The van der Waals surface area contributed by atoms with E-state index in [2.05, 4.69) is 4.98 Å². The standard InChI is InChI=1S/C12H11NO4/c1-6-3-7-8(5-14)11(12(15)16)13-10(7)9(4-6)17-2/h3-5,13H,1-2H3,(H,15,16). The number of fused-ring (bicyclic) bond motifs is 1. The number of ether oxygens (including phenoxy) is 1. The molecule has 1 aromatic carbocycles. The molecule has 1 aromatic heterocycles. The van der Waals surface area contributed by atoms with Crippen molar-refractivity contribution in [1.82, 2.24) is 4.98 Å². The van der Waals surface area contributed by atoms with E-state index in [4.69, 9.17) is 9.84 Å². The molecule has 1 heterocycles. The third-order valence-corrected chi connectivity index (χ3v) is 2.61. The van der Waals surface area contributed by atoms with E-state index in [0.717, 1.165) is 5.56 Å². The third-order valence-electron chi connectivity index (χ3n) is 2.61. The quantitative estimate of drug-likeness (QED) is 0.794. The van der Waals surface area contributed by atoms with E-state index < -0.39 is 5.97 Å². The first-order valence-electron chi connectivity index (χ1n) is 4.97. The van der Waals surface area contributed by atoms with E-state index in [-0.39, 0.29) is 11.3 Å². The normalized spacial score (nSPS) is 10.5. The Morgan fingerprint density at radius 2 is 2.18 bits per heavy atom. The highest BCUT2D eigenvalue weighted by atomic mass is 16.5. The fourth-order valence-electron chi connectivity index (χ4n) is 1.87. The van der Waals surface area contributed by atoms with Gasteiger partial charge in [0.15, 0.2) is 6.29 Å². The summed E-state index contributed by atoms with van der Waals surface area (Å²) in [5, 5.41) is 9.56. The van der Waals surface area contributed by atoms with E-state index in [1.165, 1.54) is 7.11 Å². The van der Waals surface area contributed by atoms with Crippen LogP contribution in [0.1, 0.15) is 26.4 Å². The Morgan fingerprint density at radius 3 is 2.71 bits per heavy atom. The highest BCUT2D eigenvalue weighted by Crippen LogP contribution is 2.30. The molecule has 0 unspecified atom stereocenters. The van der Waals surface area contributed by atoms with Gasteiger partial charge in [-0.25, -0.2) is 4.79 Å². The van der Waals surface area contributed by atoms with Crippen molar-refractivity contribution >= 4 is 23.2 Å². The first-order chi connectivity index (χ1) is 8.08. The van der Waals surface area contributed by atoms with Gasteiger partial charge in [-0.05, 0) is 24.6 Å². The minimum atomic E-state index is -1.16. The average Bonchev–Trinajstić information content (AvgIpc) is 2.66. The molecule has 5 nitrogen and oxygen atoms in total. The van der Waals surface area contributed by atoms with Crippen molar-refractivity contribution in [2.75, 3.05) is 7.11 Å². The molecule has 0 fully saturated rings. The molecule has 0 amide bonds. The van der Waals surface area contributed by atoms with Crippen LogP contribution < -0.4 is 4.74 Å². The molecule has 2 aromatic rings. The number of nitrogens with one attached hydrogen (secondary N) is 1. The van der Waals surface area contributed by atoms with Crippen LogP contribution in [0.4, 0.5) is 0 Å². The van der Waals surface area contributed by atoms with E-state index >= 15 is 0 Å². The second kappa shape index (κ2) is 3.93. The maximum Gasteiger partial charge on any atom is 0.353 e. The summed E-state index contributed by atoms with van der Waals surface area (Å²) in [6.45, 7) is 1.85. The number of aromatic nitrogens is 1. The number of aromatic amines is 1. The average molecular weight is 233 g/mol. The number of methoxy groups -OCH3 is 1. The lowest BCUT2D eigenvalue weighted by atomic mass is 10.1. The van der Waals surface area contributed by atoms with Gasteiger partial charge in [0.1, 0.15) is 11.4 Å². The smallest absolute Gasteiger partial charge is 0.353 e. The Kier molecular flexibility index (Phi) is 2.59. The van der Waals surface area contributed by atoms with Gasteiger partial charge in [0.2, 0.25) is 0 Å². The Morgan fingerprint density at radius 1 is 1.47 bits per heavy atom. The van der Waals surface area contributed by atoms with Crippen molar-refractivity contribution in [3.63, 3.8) is 0 Å². The molecule has 0 saturated carbocycles. The SMILES string of the molecule is COc1cc(C)cc2c(C=O)c(C(=O)O)[nH]c12. The van der Waals surface area contributed by atoms with Gasteiger partial charge in [0, 0.05) is 5.39 Å². The number of aryl methyl sites for hydroxylation is 1. The van der Waals surface area contributed by atoms with Crippen molar-refractivity contribution in [2.24, 2.45) is 0 Å². The lowest BCUT2D eigenvalue weighted by molar-refractivity contribution is 0.0688. The molecule has 2 rings (SSSR count). The highest BCUT2D eigenvalue weighted by molar-refractivity contribution is 6.09. The second-order valence-electron chi connectivity index (χ2n) is 3.73. The number of carbonyl (C=O) groups is 2. The van der Waals surface area contributed by atoms with Gasteiger partial charge in [-0.2, -0.15) is 0 Å². The largest absolute Gasteiger partial charge is 0.495 e. The monoisotopic (exact) mass is 233 g/mol. The van der Waals surface area contributed by atoms with Crippen LogP contribution in [0.15, 0.2) is 12.1 Å². The highest BCUT2D eigenvalue weighted by Gasteiger charge is 2.18. The molecule has 0 spiro atoms. The second-order valence-corrected chi connectivity index (χ2v) is 3.73. The maximum absolute atomic E-state index is 11.0. The fourth-order valence-corrected chi connectivity index (χ4v) is 1.87. The molecule has 17 heavy (non-hydrogen) atoms. The number of carboxylic acid groups (broad SMARTS) is 1. The Balaban J connectivity index is 2.90. The van der Waals surface area contributed by atoms with Crippen LogP contribution in [0.5, 0.6) is 5.75 Å². The van der Waals surface area contributed by atoms with Crippen molar-refractivity contribution in [3.8, 4) is 5.75 Å². The van der Waals surface area contributed by atoms with E-state index in [1.54, 1.807) is 12.1 Å². The van der Waals surface area contributed by atoms with Crippen LogP contribution in [0, 0.1) is 6.92 Å². The summed E-state index contributed by atoms with van der Waals surface area (Å²) in [5.74, 6) is -0.640. The predicted molar refractivity (Wildman–Crippen MR) is 61.9 cm³/mol. The van der Waals surface area contributed by atoms with Crippen LogP contribution in [-0.2, 0) is 0 Å². The van der Waals surface area contributed by atoms with E-state index in [9.17, 15) is 9.59 Å². The van der Waals surface area contributed by atoms with Crippen molar-refractivity contribution in [1.29, 1.82) is 0 Å². The zero-order chi connectivity index (χ0) is 12.6. The first-order valence-corrected chi connectivity index (χ1v) is 4.97. The number of rotatable bonds is 3. The number of aromatic carboxylic acids is 1. The van der Waals surface area contributed by atoms with Crippen molar-refractivity contribution in [3.05, 3.63) is 29.0 Å². The molecule has 0 saturated heterocycles. The number of aldehydes is 1. The first kappa shape index (κ1) is 11.2. The molecular weight excluding hydrogens is 222 g/mol. The molecule has 88 valence electrons. The summed E-state index contributed by atoms with van der Waals surface area (Å²) in [7, 11) is 1.50. The fraction of sp³-hybridized carbons (Fsp3) is 0.167. The van der Waals surface area contributed by atoms with Gasteiger partial charge in [-0.3, -0.25) is 4.79 Å². The molecule has 2 N–H and O–H groups in total. The molecule has 5 heteroatoms. The van der Waals surface area contributed by atoms with Crippen LogP contribution in [0.2, 0.25) is 0 Å². The molecule has 0 atom stereocenters. The number of carboxylic acids is 1. The Hall–Kier alpha value is -2.30. The molecule has 0 bridgehead atoms. The molecule has 0 aliphatic heterocycles. The van der Waals surface area contributed by atoms with Gasteiger partial charge in [0.05, 0.1) is 18.2 Å². The number of carbonyl (C=O) groups excluding carboxylic acids is 1. The topological polar surface area (TPSA) is 79.4 Å². The van der Waals surface area contributed by atoms with Gasteiger partial charge in [-0.1, -0.05) is 0 Å². The zero-order valence-electron chi connectivity index (χ0n) is 9.40. The predicted octanol–water partition coefficient (Wildman–Crippen LogP) is 2.00. The summed E-state index contributed by atoms with van der Waals surface area (Å²) in [4.78, 5) is 24.7. The lowest BCUT2D eigenvalue weighted by Crippen LogP contribution is -2.00. The lowest BCUT2D eigenvalue weighted by Gasteiger charge is -2.03. The molecule has 0 aliphatic carbocycles. The number of hydrogen-bond donors (Lipinski definition) is 2. The van der Waals surface area contributed by atoms with Gasteiger partial charge < -0.3 is 14.8 Å². The van der Waals surface area contributed by atoms with Crippen molar-refractivity contribution < 1.29 is 19.4 Å². The minimum absolute atomic E-state index is 0.112. The molecular formula is C12H11NO4. The zero-order valence-corrected chi connectivity index (χ0v) is 9.40. The van der Waals surface area contributed by atoms with E-state index in [1.807, 2.05) is 6.92 Å². The Bertz CT molecular complexity index is 612. The maximum atomic E-state index is 11.0. The van der Waals surface area contributed by atoms with Gasteiger partial charge >= 0.3 is 5.97 Å². The summed E-state index contributed by atoms with van der Waals surface area (Å²) in [6.07, 6.45) is 0.543. The van der Waals surface area contributed by atoms with Crippen LogP contribution in [0.3, 0.4) is 0 Å². The third kappa shape index (κ3) is 1.65. The summed E-state index contributed by atoms with van der Waals surface area (Å²) in [6, 6.07) is 3.53. The van der Waals surface area contributed by atoms with Crippen LogP contribution >= 0.6 is 0 Å². The van der Waals surface area contributed by atoms with Crippen LogP contribution in [-0.4, -0.2) is 29.5 Å². The van der Waals surface area contributed by atoms with Gasteiger partial charge in [0.25, 0.3) is 0 Å². The number of H-pyrrole nitrogens is 1. The number of benzene rings is 1. The van der Waals surface area contributed by atoms with Gasteiger partial charge in [-0.15, -0.1) is 0 Å². The summed E-state index contributed by atoms with van der Waals surface area (Å²) >= 11 is 0. The molecule has 0 aliphatic rings. The van der Waals surface area contributed by atoms with Crippen molar-refractivity contribution in [2.45, 2.75) is 6.92 Å². The van der Waals surface area contributed by atoms with Crippen LogP contribution in [0.25, 0.3) is 10.9 Å². The minimum Gasteiger partial charge on any atom is -0.495 e. The molecule has 0 radical (unpaired) electrons. The summed E-state index contributed by atoms with van der Waals surface area (Å²) in [5.41, 5.74) is 1.46. The number of hydrogen-bond acceptors (Lipinski definition) is 3.